The van der Waals surface area contributed by atoms with E-state index in [1.165, 1.54) is 41.3 Å². The van der Waals surface area contributed by atoms with Crippen molar-refractivity contribution in [2.24, 2.45) is 0 Å². The van der Waals surface area contributed by atoms with Gasteiger partial charge < -0.3 is 9.84 Å². The maximum atomic E-state index is 12.7. The highest BCUT2D eigenvalue weighted by Crippen LogP contribution is 2.32. The van der Waals surface area contributed by atoms with E-state index in [0.717, 1.165) is 36.3 Å². The number of hydrogen-bond donors (Lipinski definition) is 1. The molecule has 3 heterocycles. The Morgan fingerprint density at radius 2 is 2.00 bits per heavy atom. The molecule has 1 N–H and O–H groups in total. The van der Waals surface area contributed by atoms with Crippen LogP contribution in [0.1, 0.15) is 50.6 Å². The van der Waals surface area contributed by atoms with Crippen LogP contribution in [0.4, 0.5) is 0 Å². The minimum absolute atomic E-state index is 0.0938. The number of aromatic nitrogens is 3. The molecular formula is C22H26N4O3S. The van der Waals surface area contributed by atoms with Crippen LogP contribution < -0.4 is 10.9 Å². The normalized spacial score (nSPS) is 15.5. The first-order chi connectivity index (χ1) is 14.6. The summed E-state index contributed by atoms with van der Waals surface area (Å²) < 4.78 is 6.61. The number of thiophene rings is 1. The van der Waals surface area contributed by atoms with E-state index >= 15 is 0 Å². The smallest absolute Gasteiger partial charge is 0.268 e. The number of hydrogen-bond acceptors (Lipinski definition) is 6. The molecule has 158 valence electrons. The van der Waals surface area contributed by atoms with Crippen molar-refractivity contribution in [2.75, 3.05) is 0 Å². The van der Waals surface area contributed by atoms with Gasteiger partial charge in [-0.05, 0) is 31.2 Å². The van der Waals surface area contributed by atoms with Crippen LogP contribution in [0, 0.1) is 6.92 Å². The molecule has 1 aliphatic rings. The zero-order valence-electron chi connectivity index (χ0n) is 17.1. The van der Waals surface area contributed by atoms with Gasteiger partial charge in [-0.15, -0.1) is 11.3 Å². The first-order valence-corrected chi connectivity index (χ1v) is 11.4. The first kappa shape index (κ1) is 20.5. The van der Waals surface area contributed by atoms with E-state index in [0.29, 0.717) is 17.0 Å². The third-order valence-electron chi connectivity index (χ3n) is 5.41. The summed E-state index contributed by atoms with van der Waals surface area (Å²) in [6.45, 7) is 1.73. The van der Waals surface area contributed by atoms with E-state index in [2.05, 4.69) is 15.6 Å². The molecule has 0 aromatic carbocycles. The molecule has 0 saturated heterocycles. The summed E-state index contributed by atoms with van der Waals surface area (Å²) in [4.78, 5) is 26.3. The van der Waals surface area contributed by atoms with Crippen LogP contribution >= 0.6 is 11.3 Å². The lowest BCUT2D eigenvalue weighted by Crippen LogP contribution is -2.39. The van der Waals surface area contributed by atoms with Gasteiger partial charge in [0.05, 0.1) is 16.1 Å². The molecule has 0 bridgehead atoms. The topological polar surface area (TPSA) is 90.0 Å². The Morgan fingerprint density at radius 1 is 1.23 bits per heavy atom. The fourth-order valence-electron chi connectivity index (χ4n) is 3.89. The zero-order valence-corrected chi connectivity index (χ0v) is 17.9. The third-order valence-corrected chi connectivity index (χ3v) is 6.29. The van der Waals surface area contributed by atoms with E-state index in [1.54, 1.807) is 6.07 Å². The van der Waals surface area contributed by atoms with Crippen LogP contribution in [0.2, 0.25) is 0 Å². The van der Waals surface area contributed by atoms with Crippen LogP contribution in [0.5, 0.6) is 0 Å². The average Bonchev–Trinajstić information content (AvgIpc) is 3.37. The van der Waals surface area contributed by atoms with Crippen molar-refractivity contribution in [1.29, 1.82) is 0 Å². The lowest BCUT2D eigenvalue weighted by atomic mass is 9.97. The van der Waals surface area contributed by atoms with Gasteiger partial charge in [-0.2, -0.15) is 5.10 Å². The Labute approximate surface area is 179 Å². The summed E-state index contributed by atoms with van der Waals surface area (Å²) in [5.41, 5.74) is 1.58. The van der Waals surface area contributed by atoms with E-state index in [9.17, 15) is 9.59 Å². The maximum Gasteiger partial charge on any atom is 0.268 e. The summed E-state index contributed by atoms with van der Waals surface area (Å²) in [5, 5.41) is 13.5. The van der Waals surface area contributed by atoms with Gasteiger partial charge in [-0.25, -0.2) is 4.68 Å². The van der Waals surface area contributed by atoms with Crippen molar-refractivity contribution in [2.45, 2.75) is 64.5 Å². The Morgan fingerprint density at radius 3 is 2.67 bits per heavy atom. The lowest BCUT2D eigenvalue weighted by molar-refractivity contribution is -0.122. The zero-order chi connectivity index (χ0) is 20.9. The summed E-state index contributed by atoms with van der Waals surface area (Å²) in [6, 6.07) is 7.29. The van der Waals surface area contributed by atoms with Crippen LogP contribution in [0.15, 0.2) is 39.0 Å². The molecule has 0 radical (unpaired) electrons. The molecule has 4 rings (SSSR count). The maximum absolute atomic E-state index is 12.7. The standard InChI is InChI=1S/C22H26N4O3S/c1-15-12-18(29-25-15)17-13-21(28)26(24-22(17)19-10-7-11-30-19)14-20(27)23-16-8-5-3-2-4-6-9-16/h7,10-13,16H,2-6,8-9,14H2,1H3,(H,23,27). The molecular weight excluding hydrogens is 400 g/mol. The number of aryl methyl sites for hydroxylation is 1. The molecule has 0 spiro atoms. The second-order valence-electron chi connectivity index (χ2n) is 7.82. The molecule has 7 nitrogen and oxygen atoms in total. The van der Waals surface area contributed by atoms with Gasteiger partial charge in [-0.1, -0.05) is 43.3 Å². The number of carbonyl (C=O) groups excluding carboxylic acids is 1. The second-order valence-corrected chi connectivity index (χ2v) is 8.77. The van der Waals surface area contributed by atoms with Crippen molar-refractivity contribution < 1.29 is 9.32 Å². The molecule has 8 heteroatoms. The number of carbonyl (C=O) groups is 1. The van der Waals surface area contributed by atoms with Gasteiger partial charge in [0.25, 0.3) is 5.56 Å². The summed E-state index contributed by atoms with van der Waals surface area (Å²) in [7, 11) is 0. The Hall–Kier alpha value is -2.74. The molecule has 1 fully saturated rings. The molecule has 30 heavy (non-hydrogen) atoms. The third kappa shape index (κ3) is 4.87. The van der Waals surface area contributed by atoms with Gasteiger partial charge in [0.1, 0.15) is 12.2 Å². The largest absolute Gasteiger partial charge is 0.356 e. The van der Waals surface area contributed by atoms with Crippen molar-refractivity contribution in [1.82, 2.24) is 20.3 Å². The molecule has 1 amide bonds. The molecule has 3 aromatic rings. The van der Waals surface area contributed by atoms with Crippen molar-refractivity contribution in [3.05, 3.63) is 45.7 Å². The van der Waals surface area contributed by atoms with Crippen molar-refractivity contribution >= 4 is 17.2 Å². The lowest BCUT2D eigenvalue weighted by Gasteiger charge is -2.21. The fourth-order valence-corrected chi connectivity index (χ4v) is 4.61. The second kappa shape index (κ2) is 9.38. The number of amides is 1. The number of nitrogens with one attached hydrogen (secondary N) is 1. The Kier molecular flexibility index (Phi) is 6.42. The van der Waals surface area contributed by atoms with E-state index in [4.69, 9.17) is 4.52 Å². The van der Waals surface area contributed by atoms with Crippen molar-refractivity contribution in [3.63, 3.8) is 0 Å². The number of rotatable bonds is 5. The average molecular weight is 427 g/mol. The van der Waals surface area contributed by atoms with E-state index in [-0.39, 0.29) is 24.1 Å². The van der Waals surface area contributed by atoms with Gasteiger partial charge in [0, 0.05) is 18.2 Å². The predicted octanol–water partition coefficient (Wildman–Crippen LogP) is 4.16. The molecule has 0 aliphatic heterocycles. The summed E-state index contributed by atoms with van der Waals surface area (Å²) in [6.07, 6.45) is 7.99. The van der Waals surface area contributed by atoms with E-state index < -0.39 is 0 Å². The summed E-state index contributed by atoms with van der Waals surface area (Å²) in [5.74, 6) is 0.321. The monoisotopic (exact) mass is 426 g/mol. The van der Waals surface area contributed by atoms with Crippen molar-refractivity contribution in [3.8, 4) is 21.9 Å². The predicted molar refractivity (Wildman–Crippen MR) is 116 cm³/mol. The molecule has 3 aromatic heterocycles. The summed E-state index contributed by atoms with van der Waals surface area (Å²) >= 11 is 1.52. The number of nitrogens with zero attached hydrogens (tertiary/aromatic N) is 3. The van der Waals surface area contributed by atoms with Gasteiger partial charge >= 0.3 is 0 Å². The van der Waals surface area contributed by atoms with Crippen LogP contribution in [0.25, 0.3) is 21.9 Å². The van der Waals surface area contributed by atoms with Gasteiger partial charge in [0.15, 0.2) is 5.76 Å². The van der Waals surface area contributed by atoms with E-state index in [1.807, 2.05) is 24.4 Å². The van der Waals surface area contributed by atoms with Crippen LogP contribution in [0.3, 0.4) is 0 Å². The van der Waals surface area contributed by atoms with Gasteiger partial charge in [0.2, 0.25) is 5.91 Å². The fraction of sp³-hybridized carbons (Fsp3) is 0.455. The molecule has 0 atom stereocenters. The quantitative estimate of drug-likeness (QED) is 0.661. The SMILES string of the molecule is Cc1cc(-c2cc(=O)n(CC(=O)NC3CCCCCCC3)nc2-c2cccs2)on1. The molecule has 0 unspecified atom stereocenters. The Bertz CT molecular complexity index is 1050. The minimum atomic E-state index is -0.341. The highest BCUT2D eigenvalue weighted by molar-refractivity contribution is 7.13. The molecule has 1 aliphatic carbocycles. The van der Waals surface area contributed by atoms with Gasteiger partial charge in [-0.3, -0.25) is 9.59 Å². The molecule has 1 saturated carbocycles. The Balaban J connectivity index is 1.58. The highest BCUT2D eigenvalue weighted by Gasteiger charge is 2.19. The van der Waals surface area contributed by atoms with Crippen LogP contribution in [-0.4, -0.2) is 26.9 Å². The minimum Gasteiger partial charge on any atom is -0.356 e. The first-order valence-electron chi connectivity index (χ1n) is 10.5. The highest BCUT2D eigenvalue weighted by atomic mass is 32.1. The van der Waals surface area contributed by atoms with Crippen LogP contribution in [-0.2, 0) is 11.3 Å².